The number of fused-ring (bicyclic) bond motifs is 1. The Morgan fingerprint density at radius 1 is 1.31 bits per heavy atom. The van der Waals surface area contributed by atoms with Gasteiger partial charge in [-0.3, -0.25) is 0 Å². The molecule has 2 aromatic rings. The zero-order valence-electron chi connectivity index (χ0n) is 8.34. The molecule has 1 aliphatic heterocycles. The minimum absolute atomic E-state index is 0.339. The van der Waals surface area contributed by atoms with Crippen LogP contribution in [0, 0.1) is 0 Å². The van der Waals surface area contributed by atoms with Crippen LogP contribution in [0.4, 0.5) is 5.69 Å². The molecule has 0 bridgehead atoms. The fourth-order valence-corrected chi connectivity index (χ4v) is 3.39. The van der Waals surface area contributed by atoms with Crippen LogP contribution in [0.3, 0.4) is 0 Å². The number of benzene rings is 1. The monoisotopic (exact) mass is 269 g/mol. The lowest BCUT2D eigenvalue weighted by Crippen LogP contribution is -2.02. The summed E-state index contributed by atoms with van der Waals surface area (Å²) in [4.78, 5) is 1.34. The van der Waals surface area contributed by atoms with Crippen LogP contribution in [0.25, 0.3) is 0 Å². The maximum absolute atomic E-state index is 6.18. The molecule has 1 atom stereocenters. The van der Waals surface area contributed by atoms with Crippen LogP contribution in [0.5, 0.6) is 0 Å². The first-order valence-electron chi connectivity index (χ1n) is 5.02. The van der Waals surface area contributed by atoms with E-state index in [1.165, 1.54) is 10.4 Å². The van der Waals surface area contributed by atoms with Gasteiger partial charge in [-0.05, 0) is 29.1 Å². The number of thiophene rings is 1. The molecule has 3 rings (SSSR count). The van der Waals surface area contributed by atoms with Gasteiger partial charge in [0.05, 0.1) is 6.04 Å². The Labute approximate surface area is 108 Å². The Morgan fingerprint density at radius 3 is 2.94 bits per heavy atom. The highest BCUT2D eigenvalue weighted by Crippen LogP contribution is 2.40. The molecule has 0 saturated heterocycles. The van der Waals surface area contributed by atoms with Gasteiger partial charge in [0.15, 0.2) is 0 Å². The summed E-state index contributed by atoms with van der Waals surface area (Å²) in [5.74, 6) is 0. The van der Waals surface area contributed by atoms with Crippen molar-refractivity contribution < 1.29 is 0 Å². The molecule has 0 aliphatic carbocycles. The Bertz CT molecular complexity index is 522. The van der Waals surface area contributed by atoms with Crippen molar-refractivity contribution in [3.8, 4) is 0 Å². The van der Waals surface area contributed by atoms with Gasteiger partial charge in [0.1, 0.15) is 0 Å². The van der Waals surface area contributed by atoms with E-state index in [-0.39, 0.29) is 0 Å². The number of hydrogen-bond donors (Lipinski definition) is 1. The molecule has 1 aromatic heterocycles. The first-order chi connectivity index (χ1) is 7.74. The van der Waals surface area contributed by atoms with Gasteiger partial charge in [-0.2, -0.15) is 0 Å². The van der Waals surface area contributed by atoms with Crippen LogP contribution in [-0.4, -0.2) is 0 Å². The van der Waals surface area contributed by atoms with Gasteiger partial charge >= 0.3 is 0 Å². The van der Waals surface area contributed by atoms with Gasteiger partial charge in [-0.1, -0.05) is 29.3 Å². The maximum Gasteiger partial charge on any atom is 0.0648 e. The molecule has 0 radical (unpaired) electrons. The lowest BCUT2D eigenvalue weighted by Gasteiger charge is -2.07. The quantitative estimate of drug-likeness (QED) is 0.787. The second-order valence-corrected chi connectivity index (χ2v) is 5.65. The van der Waals surface area contributed by atoms with E-state index in [1.807, 2.05) is 6.07 Å². The minimum atomic E-state index is 0.339. The third-order valence-corrected chi connectivity index (χ3v) is 4.33. The SMILES string of the molecule is Clc1cc(Cl)c2c(c1)NC(c1cccs1)C2. The Balaban J connectivity index is 1.98. The number of halogens is 2. The summed E-state index contributed by atoms with van der Waals surface area (Å²) in [5, 5.41) is 6.99. The molecule has 16 heavy (non-hydrogen) atoms. The van der Waals surface area contributed by atoms with Crippen molar-refractivity contribution in [3.63, 3.8) is 0 Å². The van der Waals surface area contributed by atoms with Gasteiger partial charge in [0, 0.05) is 27.0 Å². The number of anilines is 1. The van der Waals surface area contributed by atoms with Crippen molar-refractivity contribution in [1.82, 2.24) is 0 Å². The highest BCUT2D eigenvalue weighted by atomic mass is 35.5. The summed E-state index contributed by atoms with van der Waals surface area (Å²) in [7, 11) is 0. The maximum atomic E-state index is 6.18. The molecule has 82 valence electrons. The number of hydrogen-bond acceptors (Lipinski definition) is 2. The molecule has 0 spiro atoms. The largest absolute Gasteiger partial charge is 0.377 e. The number of rotatable bonds is 1. The smallest absolute Gasteiger partial charge is 0.0648 e. The van der Waals surface area contributed by atoms with E-state index >= 15 is 0 Å². The van der Waals surface area contributed by atoms with Crippen molar-refractivity contribution in [2.45, 2.75) is 12.5 Å². The summed E-state index contributed by atoms with van der Waals surface area (Å²) in [5.41, 5.74) is 2.24. The van der Waals surface area contributed by atoms with Crippen molar-refractivity contribution in [2.24, 2.45) is 0 Å². The van der Waals surface area contributed by atoms with Crippen molar-refractivity contribution >= 4 is 40.2 Å². The van der Waals surface area contributed by atoms with Crippen LogP contribution in [-0.2, 0) is 6.42 Å². The van der Waals surface area contributed by atoms with E-state index in [9.17, 15) is 0 Å². The fourth-order valence-electron chi connectivity index (χ4n) is 2.04. The normalized spacial score (nSPS) is 18.2. The molecule has 2 heterocycles. The van der Waals surface area contributed by atoms with E-state index in [0.29, 0.717) is 11.1 Å². The molecule has 1 aromatic carbocycles. The van der Waals surface area contributed by atoms with Crippen LogP contribution < -0.4 is 5.32 Å². The third-order valence-electron chi connectivity index (χ3n) is 2.78. The first kappa shape index (κ1) is 10.5. The zero-order valence-corrected chi connectivity index (χ0v) is 10.7. The Kier molecular flexibility index (Phi) is 2.58. The van der Waals surface area contributed by atoms with Crippen molar-refractivity contribution in [1.29, 1.82) is 0 Å². The first-order valence-corrected chi connectivity index (χ1v) is 6.65. The predicted molar refractivity (Wildman–Crippen MR) is 70.8 cm³/mol. The second kappa shape index (κ2) is 3.95. The molecular weight excluding hydrogens is 261 g/mol. The molecule has 0 fully saturated rings. The van der Waals surface area contributed by atoms with E-state index in [2.05, 4.69) is 22.8 Å². The van der Waals surface area contributed by atoms with E-state index in [1.54, 1.807) is 17.4 Å². The van der Waals surface area contributed by atoms with Gasteiger partial charge in [-0.25, -0.2) is 0 Å². The van der Waals surface area contributed by atoms with Crippen LogP contribution >= 0.6 is 34.5 Å². The summed E-state index contributed by atoms with van der Waals surface area (Å²) in [6, 6.07) is 8.30. The molecule has 1 nitrogen and oxygen atoms in total. The van der Waals surface area contributed by atoms with E-state index in [4.69, 9.17) is 23.2 Å². The zero-order chi connectivity index (χ0) is 11.1. The summed E-state index contributed by atoms with van der Waals surface area (Å²) in [6.45, 7) is 0. The third kappa shape index (κ3) is 1.71. The number of nitrogens with one attached hydrogen (secondary N) is 1. The van der Waals surface area contributed by atoms with Gasteiger partial charge in [0.25, 0.3) is 0 Å². The molecule has 1 unspecified atom stereocenters. The average molecular weight is 270 g/mol. The van der Waals surface area contributed by atoms with Crippen molar-refractivity contribution in [3.05, 3.63) is 50.1 Å². The lowest BCUT2D eigenvalue weighted by atomic mass is 10.1. The summed E-state index contributed by atoms with van der Waals surface area (Å²) >= 11 is 13.9. The van der Waals surface area contributed by atoms with Gasteiger partial charge in [0.2, 0.25) is 0 Å². The van der Waals surface area contributed by atoms with Crippen molar-refractivity contribution in [2.75, 3.05) is 5.32 Å². The van der Waals surface area contributed by atoms with Crippen LogP contribution in [0.1, 0.15) is 16.5 Å². The predicted octanol–water partition coefficient (Wildman–Crippen LogP) is 4.76. The summed E-state index contributed by atoms with van der Waals surface area (Å²) in [6.07, 6.45) is 0.936. The van der Waals surface area contributed by atoms with E-state index in [0.717, 1.165) is 17.1 Å². The highest BCUT2D eigenvalue weighted by Gasteiger charge is 2.25. The lowest BCUT2D eigenvalue weighted by molar-refractivity contribution is 0.843. The second-order valence-electron chi connectivity index (χ2n) is 3.83. The molecule has 1 aliphatic rings. The van der Waals surface area contributed by atoms with Gasteiger partial charge < -0.3 is 5.32 Å². The standard InChI is InChI=1S/C12H9Cl2NS/c13-7-4-9(14)8-6-11(15-10(8)5-7)12-2-1-3-16-12/h1-5,11,15H,6H2. The molecule has 0 amide bonds. The molecule has 0 saturated carbocycles. The van der Waals surface area contributed by atoms with Crippen LogP contribution in [0.15, 0.2) is 29.6 Å². The minimum Gasteiger partial charge on any atom is -0.377 e. The molecule has 1 N–H and O–H groups in total. The summed E-state index contributed by atoms with van der Waals surface area (Å²) < 4.78 is 0. The molecule has 4 heteroatoms. The molecular formula is C12H9Cl2NS. The highest BCUT2D eigenvalue weighted by molar-refractivity contribution is 7.10. The fraction of sp³-hybridized carbons (Fsp3) is 0.167. The van der Waals surface area contributed by atoms with Crippen LogP contribution in [0.2, 0.25) is 10.0 Å². The Morgan fingerprint density at radius 2 is 2.19 bits per heavy atom. The topological polar surface area (TPSA) is 12.0 Å². The Hall–Kier alpha value is -0.700. The van der Waals surface area contributed by atoms with E-state index < -0.39 is 0 Å². The average Bonchev–Trinajstić information content (AvgIpc) is 2.82. The van der Waals surface area contributed by atoms with Gasteiger partial charge in [-0.15, -0.1) is 11.3 Å².